The van der Waals surface area contributed by atoms with E-state index < -0.39 is 0 Å². The van der Waals surface area contributed by atoms with E-state index in [9.17, 15) is 0 Å². The zero-order chi connectivity index (χ0) is 12.4. The summed E-state index contributed by atoms with van der Waals surface area (Å²) < 4.78 is 5.61. The molecule has 0 radical (unpaired) electrons. The number of hydrogen-bond acceptors (Lipinski definition) is 4. The predicted molar refractivity (Wildman–Crippen MR) is 70.5 cm³/mol. The Kier molecular flexibility index (Phi) is 3.86. The van der Waals surface area contributed by atoms with Gasteiger partial charge in [0.2, 0.25) is 0 Å². The Labute approximate surface area is 113 Å². The van der Waals surface area contributed by atoms with Gasteiger partial charge >= 0.3 is 0 Å². The van der Waals surface area contributed by atoms with E-state index in [2.05, 4.69) is 10.2 Å². The van der Waals surface area contributed by atoms with Crippen LogP contribution in [0, 0.1) is 13.8 Å². The second-order valence-electron chi connectivity index (χ2n) is 3.57. The number of nitrogens with zero attached hydrogens (tertiary/aromatic N) is 2. The topological polar surface area (TPSA) is 35.0 Å². The smallest absolute Gasteiger partial charge is 0.299 e. The Hall–Kier alpha value is -0.840. The highest BCUT2D eigenvalue weighted by atomic mass is 35.5. The Morgan fingerprint density at radius 1 is 1.24 bits per heavy atom. The molecule has 0 aliphatic carbocycles. The lowest BCUT2D eigenvalue weighted by molar-refractivity contribution is 0.472. The number of aromatic nitrogens is 2. The summed E-state index contributed by atoms with van der Waals surface area (Å²) in [7, 11) is 0. The Morgan fingerprint density at radius 3 is 2.41 bits per heavy atom. The summed E-state index contributed by atoms with van der Waals surface area (Å²) in [5.41, 5.74) is 1.95. The van der Waals surface area contributed by atoms with Gasteiger partial charge in [-0.25, -0.2) is 0 Å². The summed E-state index contributed by atoms with van der Waals surface area (Å²) in [6.07, 6.45) is 0. The Bertz CT molecular complexity index is 519. The van der Waals surface area contributed by atoms with Crippen LogP contribution in [0.4, 0.5) is 0 Å². The number of ether oxygens (including phenoxy) is 1. The fourth-order valence-corrected chi connectivity index (χ4v) is 2.28. The lowest BCUT2D eigenvalue weighted by Gasteiger charge is -2.06. The minimum Gasteiger partial charge on any atom is -0.430 e. The van der Waals surface area contributed by atoms with Crippen LogP contribution in [0.25, 0.3) is 0 Å². The maximum absolute atomic E-state index is 6.08. The van der Waals surface area contributed by atoms with Gasteiger partial charge in [-0.1, -0.05) is 28.0 Å². The van der Waals surface area contributed by atoms with E-state index in [-0.39, 0.29) is 0 Å². The fraction of sp³-hybridized carbons (Fsp3) is 0.273. The van der Waals surface area contributed by atoms with E-state index in [1.807, 2.05) is 26.0 Å². The molecular formula is C11H10Cl2N2OS. The summed E-state index contributed by atoms with van der Waals surface area (Å²) >= 11 is 13.1. The van der Waals surface area contributed by atoms with E-state index >= 15 is 0 Å². The van der Waals surface area contributed by atoms with Gasteiger partial charge < -0.3 is 4.74 Å². The first-order valence-corrected chi connectivity index (χ1v) is 6.66. The molecule has 0 aliphatic heterocycles. The van der Waals surface area contributed by atoms with E-state index in [1.165, 1.54) is 11.3 Å². The molecule has 0 atom stereocenters. The van der Waals surface area contributed by atoms with Gasteiger partial charge in [-0.2, -0.15) is 0 Å². The zero-order valence-electron chi connectivity index (χ0n) is 9.33. The van der Waals surface area contributed by atoms with Crippen molar-refractivity contribution in [2.75, 3.05) is 0 Å². The molecule has 0 fully saturated rings. The fourth-order valence-electron chi connectivity index (χ4n) is 1.40. The third-order valence-corrected chi connectivity index (χ3v) is 3.99. The number of benzene rings is 1. The summed E-state index contributed by atoms with van der Waals surface area (Å²) in [6, 6.07) is 3.74. The molecule has 90 valence electrons. The lowest BCUT2D eigenvalue weighted by Crippen LogP contribution is -1.87. The van der Waals surface area contributed by atoms with Gasteiger partial charge in [-0.3, -0.25) is 0 Å². The predicted octanol–water partition coefficient (Wildman–Crippen LogP) is 4.34. The number of alkyl halides is 1. The molecule has 2 rings (SSSR count). The molecule has 0 saturated heterocycles. The van der Waals surface area contributed by atoms with E-state index in [0.717, 1.165) is 21.2 Å². The normalized spacial score (nSPS) is 10.6. The summed E-state index contributed by atoms with van der Waals surface area (Å²) in [5.74, 6) is 1.06. The second kappa shape index (κ2) is 5.21. The molecule has 0 bridgehead atoms. The van der Waals surface area contributed by atoms with Crippen molar-refractivity contribution in [2.45, 2.75) is 19.7 Å². The molecule has 0 unspecified atom stereocenters. The van der Waals surface area contributed by atoms with Gasteiger partial charge in [-0.05, 0) is 37.1 Å². The number of hydrogen-bond donors (Lipinski definition) is 0. The van der Waals surface area contributed by atoms with Crippen molar-refractivity contribution >= 4 is 34.5 Å². The van der Waals surface area contributed by atoms with Crippen molar-refractivity contribution in [1.82, 2.24) is 10.2 Å². The monoisotopic (exact) mass is 288 g/mol. The SMILES string of the molecule is Cc1cc(Oc2nnc(CCl)s2)cc(C)c1Cl. The third kappa shape index (κ3) is 2.89. The minimum atomic E-state index is 0.347. The molecule has 0 aliphatic rings. The van der Waals surface area contributed by atoms with E-state index in [1.54, 1.807) is 0 Å². The van der Waals surface area contributed by atoms with Gasteiger partial charge in [0.05, 0.1) is 5.88 Å². The molecular weight excluding hydrogens is 279 g/mol. The van der Waals surface area contributed by atoms with Crippen molar-refractivity contribution < 1.29 is 4.74 Å². The molecule has 1 aromatic carbocycles. The molecule has 3 nitrogen and oxygen atoms in total. The van der Waals surface area contributed by atoms with Crippen LogP contribution in [0.3, 0.4) is 0 Å². The average molecular weight is 289 g/mol. The van der Waals surface area contributed by atoms with Crippen LogP contribution in [0.5, 0.6) is 10.9 Å². The van der Waals surface area contributed by atoms with Crippen LogP contribution in [-0.4, -0.2) is 10.2 Å². The maximum Gasteiger partial charge on any atom is 0.299 e. The molecule has 17 heavy (non-hydrogen) atoms. The van der Waals surface area contributed by atoms with Crippen LogP contribution in [0.2, 0.25) is 5.02 Å². The highest BCUT2D eigenvalue weighted by Gasteiger charge is 2.08. The Balaban J connectivity index is 2.24. The highest BCUT2D eigenvalue weighted by Crippen LogP contribution is 2.30. The van der Waals surface area contributed by atoms with Gasteiger partial charge in [0.15, 0.2) is 0 Å². The molecule has 0 N–H and O–H groups in total. The van der Waals surface area contributed by atoms with Crippen molar-refractivity contribution in [3.63, 3.8) is 0 Å². The van der Waals surface area contributed by atoms with Crippen molar-refractivity contribution in [3.05, 3.63) is 33.3 Å². The zero-order valence-corrected chi connectivity index (χ0v) is 11.7. The van der Waals surface area contributed by atoms with E-state index in [4.69, 9.17) is 27.9 Å². The number of halogens is 2. The number of aryl methyl sites for hydroxylation is 2. The largest absolute Gasteiger partial charge is 0.430 e. The van der Waals surface area contributed by atoms with Crippen molar-refractivity contribution in [3.8, 4) is 10.9 Å². The molecule has 0 saturated carbocycles. The standard InChI is InChI=1S/C11H10Cl2N2OS/c1-6-3-8(4-7(2)10(6)13)16-11-15-14-9(5-12)17-11/h3-4H,5H2,1-2H3. The first-order valence-electron chi connectivity index (χ1n) is 4.93. The lowest BCUT2D eigenvalue weighted by atomic mass is 10.1. The van der Waals surface area contributed by atoms with Crippen molar-refractivity contribution in [1.29, 1.82) is 0 Å². The van der Waals surface area contributed by atoms with Gasteiger partial charge in [0.25, 0.3) is 5.19 Å². The molecule has 6 heteroatoms. The molecule has 0 spiro atoms. The quantitative estimate of drug-likeness (QED) is 0.788. The highest BCUT2D eigenvalue weighted by molar-refractivity contribution is 7.13. The first-order chi connectivity index (χ1) is 8.10. The van der Waals surface area contributed by atoms with Gasteiger partial charge in [-0.15, -0.1) is 16.7 Å². The minimum absolute atomic E-state index is 0.347. The molecule has 1 aromatic heterocycles. The molecule has 2 aromatic rings. The number of rotatable bonds is 3. The van der Waals surface area contributed by atoms with E-state index in [0.29, 0.717) is 16.8 Å². The second-order valence-corrected chi connectivity index (χ2v) is 5.24. The van der Waals surface area contributed by atoms with Gasteiger partial charge in [0, 0.05) is 5.02 Å². The van der Waals surface area contributed by atoms with Crippen LogP contribution in [0.1, 0.15) is 16.1 Å². The average Bonchev–Trinajstić information content (AvgIpc) is 2.73. The van der Waals surface area contributed by atoms with Gasteiger partial charge in [0.1, 0.15) is 10.8 Å². The van der Waals surface area contributed by atoms with Crippen molar-refractivity contribution in [2.24, 2.45) is 0 Å². The first kappa shape index (κ1) is 12.6. The summed E-state index contributed by atoms with van der Waals surface area (Å²) in [5, 5.41) is 9.76. The third-order valence-electron chi connectivity index (χ3n) is 2.18. The Morgan fingerprint density at radius 2 is 1.88 bits per heavy atom. The van der Waals surface area contributed by atoms with Crippen LogP contribution < -0.4 is 4.74 Å². The summed E-state index contributed by atoms with van der Waals surface area (Å²) in [6.45, 7) is 3.87. The molecule has 1 heterocycles. The van der Waals surface area contributed by atoms with Crippen LogP contribution in [0.15, 0.2) is 12.1 Å². The van der Waals surface area contributed by atoms with Crippen LogP contribution >= 0.6 is 34.5 Å². The summed E-state index contributed by atoms with van der Waals surface area (Å²) in [4.78, 5) is 0. The van der Waals surface area contributed by atoms with Crippen LogP contribution in [-0.2, 0) is 5.88 Å². The maximum atomic E-state index is 6.08. The molecule has 0 amide bonds.